The molecule has 38 nitrogen and oxygen atoms in total. The van der Waals surface area contributed by atoms with E-state index < -0.39 is 241 Å². The van der Waals surface area contributed by atoms with Crippen LogP contribution in [0.5, 0.6) is 0 Å². The van der Waals surface area contributed by atoms with Crippen molar-refractivity contribution in [2.75, 3.05) is 25.4 Å². The summed E-state index contributed by atoms with van der Waals surface area (Å²) >= 11 is 4.31. The molecule has 0 spiro atoms. The number of thiol groups is 1. The van der Waals surface area contributed by atoms with Crippen molar-refractivity contribution in [2.45, 2.75) is 258 Å². The summed E-state index contributed by atoms with van der Waals surface area (Å²) in [7, 11) is 0. The molecule has 17 atom stereocenters. The summed E-state index contributed by atoms with van der Waals surface area (Å²) in [6.45, 7) is 21.1. The Morgan fingerprint density at radius 2 is 0.904 bits per heavy atom. The molecule has 1 aliphatic heterocycles. The second-order valence-corrected chi connectivity index (χ2v) is 31.1. The van der Waals surface area contributed by atoms with Crippen LogP contribution in [-0.2, 0) is 89.6 Å². The molecule has 0 unspecified atom stereocenters. The largest absolute Gasteiger partial charge is 0.481 e. The number of hydrogen-bond donors (Lipinski definition) is 22. The van der Waals surface area contributed by atoms with Crippen LogP contribution in [0.1, 0.15) is 160 Å². The predicted octanol–water partition coefficient (Wildman–Crippen LogP) is -3.50. The van der Waals surface area contributed by atoms with Crippen molar-refractivity contribution >= 4 is 107 Å². The number of aromatic amines is 1. The third-order valence-corrected chi connectivity index (χ3v) is 19.0. The number of aromatic nitrogens is 2. The van der Waals surface area contributed by atoms with E-state index in [-0.39, 0.29) is 56.3 Å². The quantitative estimate of drug-likeness (QED) is 0.0286. The zero-order valence-corrected chi connectivity index (χ0v) is 68.2. The minimum absolute atomic E-state index is 0.0197. The molecular formula is C75H121N17O21S. The molecule has 114 heavy (non-hydrogen) atoms. The first-order chi connectivity index (χ1) is 53.5. The number of benzene rings is 1. The van der Waals surface area contributed by atoms with Crippen LogP contribution in [0.4, 0.5) is 0 Å². The average molecular weight is 1630 g/mol. The molecule has 21 N–H and O–H groups in total. The first-order valence-corrected chi connectivity index (χ1v) is 39.1. The van der Waals surface area contributed by atoms with Gasteiger partial charge in [0.2, 0.25) is 82.7 Å². The number of aliphatic hydroxyl groups is 3. The van der Waals surface area contributed by atoms with Crippen LogP contribution >= 0.6 is 12.6 Å². The number of aliphatic hydroxyl groups excluding tert-OH is 3. The van der Waals surface area contributed by atoms with Gasteiger partial charge >= 0.3 is 11.9 Å². The van der Waals surface area contributed by atoms with Crippen LogP contribution < -0.4 is 79.8 Å². The molecule has 638 valence electrons. The lowest BCUT2D eigenvalue weighted by Crippen LogP contribution is -2.63. The minimum Gasteiger partial charge on any atom is -0.481 e. The lowest BCUT2D eigenvalue weighted by molar-refractivity contribution is -0.143. The summed E-state index contributed by atoms with van der Waals surface area (Å²) in [6.07, 6.45) is -0.378. The normalized spacial score (nSPS) is 17.0. The summed E-state index contributed by atoms with van der Waals surface area (Å²) < 4.78 is 0. The van der Waals surface area contributed by atoms with E-state index in [0.717, 1.165) is 6.42 Å². The Hall–Kier alpha value is -9.86. The standard InChI is InChI=1S/C75H121N17O21S/c1-15-41(12)59(72(109)80-47(23-24-56(97)98)64(101)85-52(75(112)113)28-38(6)7)88-55(96)32-78-62(99)50(29-44-20-17-16-18-21-44)81-66(103)51(30-45-31-76-35-79-45)82-69(106)54(34-114)87-70(107)57(39(8)9)90-68(105)53(33-93)86-65(102)48(26-36(2)3)83-74(111)61(43(14)95)92-71(108)58(40(10)11)89-67(104)49(27-37(4)5)84-73(110)60(42(13)94)91-63(100)46-22-19-25-77-46/h16-18,20-21,31,35-43,46-54,57-61,77,93-95,114H,15,19,22-30,32-34H2,1-14H3,(H,76,79)(H,78,99)(H,80,109)(H,81,103)(H,82,106)(H,83,111)(H,84,110)(H,85,101)(H,86,102)(H,87,107)(H,88,96)(H,89,104)(H,90,105)(H,91,100)(H,92,108)(H,97,98)(H,112,113)/t41-,42+,43+,46-,47-,48-,49-,50-,51-,52-,53-,54-,57-,58-,59-,60-,61-/m0/s1. The number of amides is 14. The number of aliphatic carboxylic acids is 2. The number of H-pyrrole nitrogens is 1. The zero-order valence-electron chi connectivity index (χ0n) is 67.3. The van der Waals surface area contributed by atoms with Crippen LogP contribution in [0.15, 0.2) is 42.9 Å². The van der Waals surface area contributed by atoms with Gasteiger partial charge in [-0.25, -0.2) is 9.78 Å². The topological polar surface area (TPSA) is 583 Å². The van der Waals surface area contributed by atoms with E-state index in [9.17, 15) is 102 Å². The third-order valence-electron chi connectivity index (χ3n) is 18.7. The predicted molar refractivity (Wildman–Crippen MR) is 418 cm³/mol. The molecule has 0 aliphatic carbocycles. The SMILES string of the molecule is CC[C@H](C)[C@H](NC(=O)CNC(=O)[C@H](Cc1ccccc1)NC(=O)[C@H](Cc1cnc[nH]1)NC(=O)[C@H](CS)NC(=O)[C@@H](NC(=O)[C@H](CO)NC(=O)[C@H](CC(C)C)NC(=O)[C@@H](NC(=O)[C@@H](NC(=O)[C@H](CC(C)C)NC(=O)[C@@H](NC(=O)[C@@H]1CCCN1)[C@@H](C)O)C(C)C)[C@@H](C)O)C(C)C)C(=O)N[C@@H](CCC(=O)O)C(=O)N[C@@H](CC(C)C)C(=O)O. The van der Waals surface area contributed by atoms with Crippen LogP contribution in [-0.4, -0.2) is 252 Å². The molecule has 1 fully saturated rings. The first-order valence-electron chi connectivity index (χ1n) is 38.5. The molecule has 2 heterocycles. The number of nitrogens with one attached hydrogen (secondary N) is 16. The summed E-state index contributed by atoms with van der Waals surface area (Å²) in [5, 5.41) is 89.4. The van der Waals surface area contributed by atoms with E-state index in [1.807, 2.05) is 0 Å². The lowest BCUT2D eigenvalue weighted by Gasteiger charge is -2.30. The Labute approximate surface area is 669 Å². The highest BCUT2D eigenvalue weighted by molar-refractivity contribution is 7.80. The highest BCUT2D eigenvalue weighted by Gasteiger charge is 2.41. The Bertz CT molecular complexity index is 3540. The summed E-state index contributed by atoms with van der Waals surface area (Å²) in [6, 6.07) is -11.8. The van der Waals surface area contributed by atoms with E-state index in [4.69, 9.17) is 0 Å². The Morgan fingerprint density at radius 1 is 0.482 bits per heavy atom. The fraction of sp³-hybridized carbons (Fsp3) is 0.667. The van der Waals surface area contributed by atoms with Crippen LogP contribution in [0, 0.1) is 35.5 Å². The Balaban J connectivity index is 1.81. The number of carboxylic acid groups (broad SMARTS) is 2. The first kappa shape index (κ1) is 98.3. The van der Waals surface area contributed by atoms with Crippen molar-refractivity contribution in [3.63, 3.8) is 0 Å². The van der Waals surface area contributed by atoms with Gasteiger partial charge in [0.15, 0.2) is 0 Å². The Morgan fingerprint density at radius 3 is 1.37 bits per heavy atom. The summed E-state index contributed by atoms with van der Waals surface area (Å²) in [5.41, 5.74) is 0.844. The van der Waals surface area contributed by atoms with Gasteiger partial charge < -0.3 is 110 Å². The van der Waals surface area contributed by atoms with Gasteiger partial charge in [-0.05, 0) is 100.0 Å². The Kier molecular flexibility index (Phi) is 42.3. The van der Waals surface area contributed by atoms with Gasteiger partial charge in [0.25, 0.3) is 0 Å². The number of carboxylic acids is 2. The highest BCUT2D eigenvalue weighted by atomic mass is 32.1. The van der Waals surface area contributed by atoms with Gasteiger partial charge in [-0.15, -0.1) is 0 Å². The molecule has 14 amide bonds. The molecule has 2 aromatic rings. The zero-order chi connectivity index (χ0) is 86.0. The third kappa shape index (κ3) is 33.7. The van der Waals surface area contributed by atoms with E-state index in [0.29, 0.717) is 24.2 Å². The van der Waals surface area contributed by atoms with Gasteiger partial charge in [0.05, 0.1) is 37.7 Å². The average Bonchev–Trinajstić information content (AvgIpc) is 0.908. The number of hydrogen-bond acceptors (Lipinski definition) is 22. The second-order valence-electron chi connectivity index (χ2n) is 30.7. The van der Waals surface area contributed by atoms with Crippen molar-refractivity contribution in [3.05, 3.63) is 54.1 Å². The van der Waals surface area contributed by atoms with Gasteiger partial charge in [0, 0.05) is 36.9 Å². The summed E-state index contributed by atoms with van der Waals surface area (Å²) in [4.78, 5) is 226. The van der Waals surface area contributed by atoms with Crippen molar-refractivity contribution < 1.29 is 102 Å². The maximum atomic E-state index is 14.6. The van der Waals surface area contributed by atoms with E-state index >= 15 is 0 Å². The molecular weight excluding hydrogens is 1510 g/mol. The second kappa shape index (κ2) is 49.0. The van der Waals surface area contributed by atoms with Crippen molar-refractivity contribution in [3.8, 4) is 0 Å². The van der Waals surface area contributed by atoms with E-state index in [1.165, 1.54) is 40.2 Å². The van der Waals surface area contributed by atoms with E-state index in [2.05, 4.69) is 102 Å². The van der Waals surface area contributed by atoms with Gasteiger partial charge in [-0.2, -0.15) is 12.6 Å². The smallest absolute Gasteiger partial charge is 0.326 e. The molecule has 1 aromatic carbocycles. The summed E-state index contributed by atoms with van der Waals surface area (Å²) in [5.74, 6) is -18.9. The van der Waals surface area contributed by atoms with Crippen LogP contribution in [0.2, 0.25) is 0 Å². The number of rotatable bonds is 50. The van der Waals surface area contributed by atoms with E-state index in [1.54, 1.807) is 99.6 Å². The maximum Gasteiger partial charge on any atom is 0.326 e. The molecule has 0 saturated carbocycles. The fourth-order valence-electron chi connectivity index (χ4n) is 12.1. The molecule has 1 aromatic heterocycles. The van der Waals surface area contributed by atoms with Gasteiger partial charge in [-0.3, -0.25) is 71.9 Å². The molecule has 39 heteroatoms. The van der Waals surface area contributed by atoms with Crippen LogP contribution in [0.25, 0.3) is 0 Å². The maximum absolute atomic E-state index is 14.6. The monoisotopic (exact) mass is 1630 g/mol. The number of carbonyl (C=O) groups excluding carboxylic acids is 14. The lowest BCUT2D eigenvalue weighted by atomic mass is 9.97. The molecule has 3 rings (SSSR count). The van der Waals surface area contributed by atoms with Crippen molar-refractivity contribution in [2.24, 2.45) is 35.5 Å². The number of nitrogens with zero attached hydrogens (tertiary/aromatic N) is 1. The fourth-order valence-corrected chi connectivity index (χ4v) is 12.3. The van der Waals surface area contributed by atoms with Crippen LogP contribution in [0.3, 0.4) is 0 Å². The molecule has 0 bridgehead atoms. The van der Waals surface area contributed by atoms with Crippen molar-refractivity contribution in [1.82, 2.24) is 89.7 Å². The molecule has 1 aliphatic rings. The van der Waals surface area contributed by atoms with Gasteiger partial charge in [0.1, 0.15) is 78.5 Å². The van der Waals surface area contributed by atoms with Crippen molar-refractivity contribution in [1.29, 1.82) is 0 Å². The number of carbonyl (C=O) groups is 16. The minimum atomic E-state index is -1.80. The molecule has 1 saturated heterocycles. The molecule has 0 radical (unpaired) electrons. The van der Waals surface area contributed by atoms with Gasteiger partial charge in [-0.1, -0.05) is 120 Å². The number of imidazole rings is 1. The highest BCUT2D eigenvalue weighted by Crippen LogP contribution is 2.17.